The summed E-state index contributed by atoms with van der Waals surface area (Å²) in [5, 5.41) is 15.0. The maximum absolute atomic E-state index is 13.2. The molecular formula is C20H19N3O4S2. The Hall–Kier alpha value is -2.91. The number of rotatable bonds is 3. The standard InChI is InChI=1S/C20H19N3O4S2/c1-4-15-11(2)21-20(28-15)22-19(25)16-17(24)14-10-9-12-7-5-6-8-13(12)18(14)29(26,27)23(16)3/h5-10,24H,4H2,1-3H3,(H,21,22,25). The second kappa shape index (κ2) is 6.85. The van der Waals surface area contributed by atoms with Crippen molar-refractivity contribution in [2.24, 2.45) is 0 Å². The van der Waals surface area contributed by atoms with Crippen LogP contribution in [0.15, 0.2) is 47.0 Å². The maximum Gasteiger partial charge on any atom is 0.278 e. The smallest absolute Gasteiger partial charge is 0.278 e. The summed E-state index contributed by atoms with van der Waals surface area (Å²) in [4.78, 5) is 18.2. The fourth-order valence-electron chi connectivity index (χ4n) is 3.46. The van der Waals surface area contributed by atoms with Gasteiger partial charge in [-0.2, -0.15) is 0 Å². The molecule has 0 radical (unpaired) electrons. The molecule has 4 rings (SSSR count). The number of aliphatic hydroxyl groups is 1. The lowest BCUT2D eigenvalue weighted by molar-refractivity contribution is -0.113. The highest BCUT2D eigenvalue weighted by molar-refractivity contribution is 7.89. The number of likely N-dealkylation sites (N-methyl/N-ethyl adjacent to an activating group) is 1. The first-order chi connectivity index (χ1) is 13.8. The monoisotopic (exact) mass is 429 g/mol. The number of hydrogen-bond acceptors (Lipinski definition) is 6. The van der Waals surface area contributed by atoms with Crippen molar-refractivity contribution < 1.29 is 18.3 Å². The van der Waals surface area contributed by atoms with E-state index in [0.29, 0.717) is 10.5 Å². The van der Waals surface area contributed by atoms with E-state index >= 15 is 0 Å². The molecule has 2 aromatic carbocycles. The first-order valence-corrected chi connectivity index (χ1v) is 11.2. The molecule has 1 aliphatic rings. The van der Waals surface area contributed by atoms with Crippen LogP contribution in [-0.2, 0) is 21.2 Å². The van der Waals surface area contributed by atoms with Crippen LogP contribution >= 0.6 is 11.3 Å². The van der Waals surface area contributed by atoms with Crippen molar-refractivity contribution in [1.82, 2.24) is 9.29 Å². The number of benzene rings is 2. The number of sulfonamides is 1. The molecule has 1 aromatic heterocycles. The molecule has 9 heteroatoms. The Labute approximate surface area is 172 Å². The van der Waals surface area contributed by atoms with E-state index in [2.05, 4.69) is 10.3 Å². The molecule has 0 saturated heterocycles. The van der Waals surface area contributed by atoms with E-state index in [-0.39, 0.29) is 21.9 Å². The number of nitrogens with one attached hydrogen (secondary N) is 1. The van der Waals surface area contributed by atoms with Crippen LogP contribution in [0.4, 0.5) is 5.13 Å². The molecule has 3 aromatic rings. The van der Waals surface area contributed by atoms with Gasteiger partial charge in [0, 0.05) is 22.9 Å². The number of fused-ring (bicyclic) bond motifs is 3. The quantitative estimate of drug-likeness (QED) is 0.662. The van der Waals surface area contributed by atoms with Crippen LogP contribution in [0.3, 0.4) is 0 Å². The minimum absolute atomic E-state index is 0.00878. The van der Waals surface area contributed by atoms with Crippen LogP contribution in [-0.4, -0.2) is 35.8 Å². The summed E-state index contributed by atoms with van der Waals surface area (Å²) in [6, 6.07) is 10.3. The van der Waals surface area contributed by atoms with Crippen molar-refractivity contribution in [3.05, 3.63) is 58.2 Å². The number of aromatic nitrogens is 1. The summed E-state index contributed by atoms with van der Waals surface area (Å²) >= 11 is 1.33. The molecule has 1 aliphatic heterocycles. The van der Waals surface area contributed by atoms with Crippen molar-refractivity contribution >= 4 is 48.9 Å². The number of carbonyl (C=O) groups is 1. The highest BCUT2D eigenvalue weighted by Crippen LogP contribution is 2.39. The van der Waals surface area contributed by atoms with Gasteiger partial charge in [0.1, 0.15) is 4.90 Å². The normalized spacial score (nSPS) is 15.5. The molecule has 0 unspecified atom stereocenters. The second-order valence-electron chi connectivity index (χ2n) is 6.67. The molecule has 0 saturated carbocycles. The zero-order chi connectivity index (χ0) is 20.9. The fourth-order valence-corrected chi connectivity index (χ4v) is 5.94. The van der Waals surface area contributed by atoms with Crippen molar-refractivity contribution in [2.45, 2.75) is 25.2 Å². The van der Waals surface area contributed by atoms with Crippen LogP contribution < -0.4 is 5.32 Å². The summed E-state index contributed by atoms with van der Waals surface area (Å²) in [5.41, 5.74) is 0.586. The number of nitrogens with zero attached hydrogens (tertiary/aromatic N) is 2. The van der Waals surface area contributed by atoms with Gasteiger partial charge in [0.05, 0.1) is 5.69 Å². The Bertz CT molecular complexity index is 1290. The fraction of sp³-hybridized carbons (Fsp3) is 0.200. The third-order valence-electron chi connectivity index (χ3n) is 4.94. The predicted molar refractivity (Wildman–Crippen MR) is 113 cm³/mol. The lowest BCUT2D eigenvalue weighted by atomic mass is 10.0. The maximum atomic E-state index is 13.2. The lowest BCUT2D eigenvalue weighted by Crippen LogP contribution is -2.37. The van der Waals surface area contributed by atoms with Gasteiger partial charge in [0.15, 0.2) is 16.6 Å². The SMILES string of the molecule is CCc1sc(NC(=O)C2=C(O)c3ccc4ccccc4c3S(=O)(=O)N2C)nc1C. The molecule has 150 valence electrons. The van der Waals surface area contributed by atoms with Gasteiger partial charge in [-0.15, -0.1) is 11.3 Å². The van der Waals surface area contributed by atoms with Gasteiger partial charge in [-0.1, -0.05) is 37.3 Å². The van der Waals surface area contributed by atoms with Crippen LogP contribution in [0, 0.1) is 6.92 Å². The van der Waals surface area contributed by atoms with Gasteiger partial charge in [0.25, 0.3) is 15.9 Å². The van der Waals surface area contributed by atoms with Crippen molar-refractivity contribution in [2.75, 3.05) is 12.4 Å². The van der Waals surface area contributed by atoms with Crippen LogP contribution in [0.2, 0.25) is 0 Å². The van der Waals surface area contributed by atoms with E-state index in [4.69, 9.17) is 0 Å². The van der Waals surface area contributed by atoms with Gasteiger partial charge >= 0.3 is 0 Å². The summed E-state index contributed by atoms with van der Waals surface area (Å²) in [6.45, 7) is 3.84. The van der Waals surface area contributed by atoms with E-state index in [0.717, 1.165) is 26.7 Å². The minimum Gasteiger partial charge on any atom is -0.505 e. The molecular weight excluding hydrogens is 410 g/mol. The molecule has 2 heterocycles. The molecule has 29 heavy (non-hydrogen) atoms. The summed E-state index contributed by atoms with van der Waals surface area (Å²) < 4.78 is 27.3. The van der Waals surface area contributed by atoms with Gasteiger partial charge in [0.2, 0.25) is 0 Å². The largest absolute Gasteiger partial charge is 0.505 e. The van der Waals surface area contributed by atoms with Gasteiger partial charge in [-0.25, -0.2) is 13.4 Å². The van der Waals surface area contributed by atoms with Gasteiger partial charge < -0.3 is 5.11 Å². The Morgan fingerprint density at radius 3 is 2.66 bits per heavy atom. The first-order valence-electron chi connectivity index (χ1n) is 8.97. The predicted octanol–water partition coefficient (Wildman–Crippen LogP) is 3.67. The summed E-state index contributed by atoms with van der Waals surface area (Å²) in [7, 11) is -2.78. The molecule has 0 spiro atoms. The molecule has 1 amide bonds. The first kappa shape index (κ1) is 19.4. The van der Waals surface area contributed by atoms with Crippen LogP contribution in [0.25, 0.3) is 16.5 Å². The molecule has 7 nitrogen and oxygen atoms in total. The number of hydrogen-bond donors (Lipinski definition) is 2. The Balaban J connectivity index is 1.85. The Morgan fingerprint density at radius 2 is 1.97 bits per heavy atom. The Kier molecular flexibility index (Phi) is 4.59. The number of amides is 1. The van der Waals surface area contributed by atoms with E-state index in [1.807, 2.05) is 19.9 Å². The number of anilines is 1. The lowest BCUT2D eigenvalue weighted by Gasteiger charge is -2.29. The van der Waals surface area contributed by atoms with E-state index in [1.165, 1.54) is 24.5 Å². The molecule has 0 aliphatic carbocycles. The Morgan fingerprint density at radius 1 is 1.24 bits per heavy atom. The zero-order valence-corrected chi connectivity index (χ0v) is 17.7. The number of thiazole rings is 1. The number of carbonyl (C=O) groups excluding carboxylic acids is 1. The van der Waals surface area contributed by atoms with Crippen LogP contribution in [0.5, 0.6) is 0 Å². The van der Waals surface area contributed by atoms with E-state index < -0.39 is 15.9 Å². The van der Waals surface area contributed by atoms with E-state index in [9.17, 15) is 18.3 Å². The molecule has 0 atom stereocenters. The zero-order valence-electron chi connectivity index (χ0n) is 16.1. The minimum atomic E-state index is -4.04. The highest BCUT2D eigenvalue weighted by atomic mass is 32.2. The van der Waals surface area contributed by atoms with Crippen molar-refractivity contribution in [3.8, 4) is 0 Å². The van der Waals surface area contributed by atoms with Gasteiger partial charge in [-0.3, -0.25) is 14.4 Å². The van der Waals surface area contributed by atoms with Crippen molar-refractivity contribution in [3.63, 3.8) is 0 Å². The second-order valence-corrected chi connectivity index (χ2v) is 9.66. The van der Waals surface area contributed by atoms with Crippen LogP contribution in [0.1, 0.15) is 23.1 Å². The summed E-state index contributed by atoms with van der Waals surface area (Å²) in [6.07, 6.45) is 0.780. The molecule has 0 fully saturated rings. The van der Waals surface area contributed by atoms with Crippen molar-refractivity contribution in [1.29, 1.82) is 0 Å². The number of aryl methyl sites for hydroxylation is 2. The topological polar surface area (TPSA) is 99.6 Å². The third kappa shape index (κ3) is 2.97. The summed E-state index contributed by atoms with van der Waals surface area (Å²) in [5.74, 6) is -1.12. The average Bonchev–Trinajstić information content (AvgIpc) is 3.05. The van der Waals surface area contributed by atoms with E-state index in [1.54, 1.807) is 24.3 Å². The highest BCUT2D eigenvalue weighted by Gasteiger charge is 2.39. The molecule has 0 bridgehead atoms. The van der Waals surface area contributed by atoms with Gasteiger partial charge in [-0.05, 0) is 24.8 Å². The third-order valence-corrected chi connectivity index (χ3v) is 8.02. The average molecular weight is 430 g/mol. The number of aliphatic hydroxyl groups excluding tert-OH is 1. The molecule has 2 N–H and O–H groups in total.